The Bertz CT molecular complexity index is 549. The molecule has 2 rings (SSSR count). The number of urea groups is 1. The summed E-state index contributed by atoms with van der Waals surface area (Å²) < 4.78 is 0. The molecule has 1 heterocycles. The molecule has 1 saturated heterocycles. The summed E-state index contributed by atoms with van der Waals surface area (Å²) in [5.74, 6) is -0.855. The predicted octanol–water partition coefficient (Wildman–Crippen LogP) is 2.74. The molecule has 1 fully saturated rings. The third-order valence-electron chi connectivity index (χ3n) is 3.89. The van der Waals surface area contributed by atoms with E-state index in [1.54, 1.807) is 17.9 Å². The maximum atomic E-state index is 12.2. The Morgan fingerprint density at radius 2 is 2.14 bits per heavy atom. The van der Waals surface area contributed by atoms with Gasteiger partial charge in [0, 0.05) is 24.7 Å². The van der Waals surface area contributed by atoms with Crippen molar-refractivity contribution in [2.45, 2.75) is 26.3 Å². The Morgan fingerprint density at radius 1 is 1.43 bits per heavy atom. The summed E-state index contributed by atoms with van der Waals surface area (Å²) in [7, 11) is 0. The van der Waals surface area contributed by atoms with E-state index in [1.165, 1.54) is 0 Å². The quantitative estimate of drug-likeness (QED) is 0.902. The molecule has 1 aliphatic rings. The fraction of sp³-hybridized carbons (Fsp3) is 0.467. The average Bonchev–Trinajstić information content (AvgIpc) is 2.46. The molecule has 5 nitrogen and oxygen atoms in total. The highest BCUT2D eigenvalue weighted by molar-refractivity contribution is 6.31. The van der Waals surface area contributed by atoms with E-state index in [0.717, 1.165) is 5.56 Å². The molecule has 0 saturated carbocycles. The van der Waals surface area contributed by atoms with E-state index in [-0.39, 0.29) is 12.6 Å². The summed E-state index contributed by atoms with van der Waals surface area (Å²) in [6.45, 7) is 2.83. The number of piperidine rings is 1. The number of likely N-dealkylation sites (tertiary alicyclic amines) is 1. The van der Waals surface area contributed by atoms with Gasteiger partial charge in [0.15, 0.2) is 0 Å². The van der Waals surface area contributed by atoms with Gasteiger partial charge in [0.2, 0.25) is 0 Å². The molecule has 0 aromatic heterocycles. The van der Waals surface area contributed by atoms with Crippen molar-refractivity contribution in [1.82, 2.24) is 10.2 Å². The lowest BCUT2D eigenvalue weighted by molar-refractivity contribution is -0.150. The minimum atomic E-state index is -0.861. The first-order valence-electron chi connectivity index (χ1n) is 6.92. The minimum Gasteiger partial charge on any atom is -0.481 e. The lowest BCUT2D eigenvalue weighted by Gasteiger charge is -2.37. The second-order valence-electron chi connectivity index (χ2n) is 5.64. The Morgan fingerprint density at radius 3 is 2.81 bits per heavy atom. The molecule has 1 aromatic rings. The van der Waals surface area contributed by atoms with Crippen molar-refractivity contribution in [2.24, 2.45) is 5.41 Å². The number of benzene rings is 1. The van der Waals surface area contributed by atoms with Crippen molar-refractivity contribution in [2.75, 3.05) is 13.1 Å². The number of carboxylic acid groups (broad SMARTS) is 1. The Labute approximate surface area is 128 Å². The number of rotatable bonds is 3. The number of nitrogens with one attached hydrogen (secondary N) is 1. The highest BCUT2D eigenvalue weighted by Gasteiger charge is 2.39. The topological polar surface area (TPSA) is 69.6 Å². The third kappa shape index (κ3) is 3.67. The summed E-state index contributed by atoms with van der Waals surface area (Å²) in [5.41, 5.74) is -0.0227. The molecule has 6 heteroatoms. The Kier molecular flexibility index (Phi) is 4.73. The van der Waals surface area contributed by atoms with Gasteiger partial charge in [0.25, 0.3) is 0 Å². The number of hydrogen-bond donors (Lipinski definition) is 2. The lowest BCUT2D eigenvalue weighted by Crippen LogP contribution is -2.51. The molecule has 1 atom stereocenters. The maximum absolute atomic E-state index is 12.2. The monoisotopic (exact) mass is 310 g/mol. The summed E-state index contributed by atoms with van der Waals surface area (Å²) in [6.07, 6.45) is 1.29. The zero-order valence-corrected chi connectivity index (χ0v) is 12.7. The van der Waals surface area contributed by atoms with E-state index in [4.69, 9.17) is 11.6 Å². The van der Waals surface area contributed by atoms with Crippen molar-refractivity contribution in [3.05, 3.63) is 34.9 Å². The normalized spacial score (nSPS) is 21.9. The molecule has 21 heavy (non-hydrogen) atoms. The van der Waals surface area contributed by atoms with Gasteiger partial charge in [-0.3, -0.25) is 4.79 Å². The summed E-state index contributed by atoms with van der Waals surface area (Å²) >= 11 is 6.04. The molecule has 114 valence electrons. The molecule has 1 unspecified atom stereocenters. The standard InChI is InChI=1S/C15H19ClN2O3/c1-15(13(19)20)7-4-8-18(10-15)14(21)17-9-11-5-2-3-6-12(11)16/h2-3,5-6H,4,7-10H2,1H3,(H,17,21)(H,19,20). The number of carbonyl (C=O) groups excluding carboxylic acids is 1. The molecule has 2 N–H and O–H groups in total. The van der Waals surface area contributed by atoms with Crippen LogP contribution >= 0.6 is 11.6 Å². The first kappa shape index (κ1) is 15.6. The number of carboxylic acids is 1. The van der Waals surface area contributed by atoms with Crippen molar-refractivity contribution in [1.29, 1.82) is 0 Å². The van der Waals surface area contributed by atoms with E-state index >= 15 is 0 Å². The van der Waals surface area contributed by atoms with Crippen LogP contribution in [0.4, 0.5) is 4.79 Å². The van der Waals surface area contributed by atoms with Crippen LogP contribution in [0.5, 0.6) is 0 Å². The van der Waals surface area contributed by atoms with E-state index in [1.807, 2.05) is 18.2 Å². The van der Waals surface area contributed by atoms with Gasteiger partial charge in [-0.25, -0.2) is 4.79 Å². The lowest BCUT2D eigenvalue weighted by atomic mass is 9.82. The molecular weight excluding hydrogens is 292 g/mol. The number of aliphatic carboxylic acids is 1. The van der Waals surface area contributed by atoms with E-state index in [9.17, 15) is 14.7 Å². The van der Waals surface area contributed by atoms with E-state index in [0.29, 0.717) is 31.0 Å². The van der Waals surface area contributed by atoms with Crippen LogP contribution in [0.25, 0.3) is 0 Å². The van der Waals surface area contributed by atoms with Gasteiger partial charge in [-0.1, -0.05) is 29.8 Å². The molecule has 1 aliphatic heterocycles. The van der Waals surface area contributed by atoms with Gasteiger partial charge < -0.3 is 15.3 Å². The Balaban J connectivity index is 1.94. The van der Waals surface area contributed by atoms with Gasteiger partial charge in [-0.2, -0.15) is 0 Å². The van der Waals surface area contributed by atoms with Gasteiger partial charge in [0.05, 0.1) is 5.41 Å². The number of nitrogens with zero attached hydrogens (tertiary/aromatic N) is 1. The van der Waals surface area contributed by atoms with E-state index < -0.39 is 11.4 Å². The first-order chi connectivity index (χ1) is 9.92. The molecule has 0 aliphatic carbocycles. The molecule has 0 spiro atoms. The van der Waals surface area contributed by atoms with Crippen LogP contribution in [-0.2, 0) is 11.3 Å². The third-order valence-corrected chi connectivity index (χ3v) is 4.26. The van der Waals surface area contributed by atoms with E-state index in [2.05, 4.69) is 5.32 Å². The fourth-order valence-corrected chi connectivity index (χ4v) is 2.71. The van der Waals surface area contributed by atoms with Gasteiger partial charge in [-0.05, 0) is 31.4 Å². The molecule has 1 aromatic carbocycles. The van der Waals surface area contributed by atoms with Crippen LogP contribution in [0, 0.1) is 5.41 Å². The van der Waals surface area contributed by atoms with Crippen LogP contribution < -0.4 is 5.32 Å². The van der Waals surface area contributed by atoms with Crippen molar-refractivity contribution in [3.8, 4) is 0 Å². The first-order valence-corrected chi connectivity index (χ1v) is 7.30. The van der Waals surface area contributed by atoms with Crippen LogP contribution in [0.2, 0.25) is 5.02 Å². The zero-order chi connectivity index (χ0) is 15.5. The number of halogens is 1. The predicted molar refractivity (Wildman–Crippen MR) is 80.2 cm³/mol. The van der Waals surface area contributed by atoms with Crippen LogP contribution in [0.15, 0.2) is 24.3 Å². The molecule has 0 bridgehead atoms. The van der Waals surface area contributed by atoms with Crippen molar-refractivity contribution in [3.63, 3.8) is 0 Å². The largest absolute Gasteiger partial charge is 0.481 e. The second kappa shape index (κ2) is 6.35. The fourth-order valence-electron chi connectivity index (χ4n) is 2.51. The van der Waals surface area contributed by atoms with Gasteiger partial charge in [-0.15, -0.1) is 0 Å². The van der Waals surface area contributed by atoms with Gasteiger partial charge >= 0.3 is 12.0 Å². The number of carbonyl (C=O) groups is 2. The molecule has 2 amide bonds. The highest BCUT2D eigenvalue weighted by atomic mass is 35.5. The highest BCUT2D eigenvalue weighted by Crippen LogP contribution is 2.29. The van der Waals surface area contributed by atoms with Crippen LogP contribution in [0.3, 0.4) is 0 Å². The average molecular weight is 311 g/mol. The SMILES string of the molecule is CC1(C(=O)O)CCCN(C(=O)NCc2ccccc2Cl)C1. The summed E-state index contributed by atoms with van der Waals surface area (Å²) in [4.78, 5) is 25.0. The maximum Gasteiger partial charge on any atom is 0.317 e. The zero-order valence-electron chi connectivity index (χ0n) is 11.9. The van der Waals surface area contributed by atoms with Crippen molar-refractivity contribution < 1.29 is 14.7 Å². The summed E-state index contributed by atoms with van der Waals surface area (Å²) in [5, 5.41) is 12.7. The van der Waals surface area contributed by atoms with Gasteiger partial charge in [0.1, 0.15) is 0 Å². The smallest absolute Gasteiger partial charge is 0.317 e. The number of hydrogen-bond acceptors (Lipinski definition) is 2. The number of amides is 2. The molecular formula is C15H19ClN2O3. The Hall–Kier alpha value is -1.75. The minimum absolute atomic E-state index is 0.233. The second-order valence-corrected chi connectivity index (χ2v) is 6.05. The van der Waals surface area contributed by atoms with Crippen molar-refractivity contribution >= 4 is 23.6 Å². The molecule has 0 radical (unpaired) electrons. The van der Waals surface area contributed by atoms with Crippen LogP contribution in [-0.4, -0.2) is 35.1 Å². The summed E-state index contributed by atoms with van der Waals surface area (Å²) in [6, 6.07) is 7.06. The van der Waals surface area contributed by atoms with Crippen LogP contribution in [0.1, 0.15) is 25.3 Å².